The van der Waals surface area contributed by atoms with Gasteiger partial charge in [0.25, 0.3) is 0 Å². The monoisotopic (exact) mass is 334 g/mol. The van der Waals surface area contributed by atoms with E-state index in [2.05, 4.69) is 5.32 Å². The van der Waals surface area contributed by atoms with E-state index in [1.165, 1.54) is 26.0 Å². The number of nitrogens with zero attached hydrogens (tertiary/aromatic N) is 1. The first-order valence-corrected chi connectivity index (χ1v) is 8.99. The summed E-state index contributed by atoms with van der Waals surface area (Å²) < 4.78 is 18.6. The smallest absolute Gasteiger partial charge is 0.222 e. The van der Waals surface area contributed by atoms with E-state index in [0.717, 1.165) is 44.0 Å². The van der Waals surface area contributed by atoms with Crippen LogP contribution in [0.1, 0.15) is 37.7 Å². The molecule has 4 nitrogen and oxygen atoms in total. The maximum absolute atomic E-state index is 13.7. The number of methoxy groups -OCH3 is 1. The molecule has 0 aromatic heterocycles. The highest BCUT2D eigenvalue weighted by Gasteiger charge is 2.25. The van der Waals surface area contributed by atoms with Crippen LogP contribution in [-0.4, -0.2) is 43.6 Å². The van der Waals surface area contributed by atoms with Crippen LogP contribution in [0.4, 0.5) is 4.39 Å². The molecule has 24 heavy (non-hydrogen) atoms. The third-order valence-corrected chi connectivity index (χ3v) is 5.08. The summed E-state index contributed by atoms with van der Waals surface area (Å²) in [5.41, 5.74) is 0.836. The molecule has 1 aliphatic heterocycles. The van der Waals surface area contributed by atoms with Crippen LogP contribution in [0.5, 0.6) is 5.75 Å². The van der Waals surface area contributed by atoms with Crippen molar-refractivity contribution in [1.82, 2.24) is 10.2 Å². The van der Waals surface area contributed by atoms with Crippen molar-refractivity contribution >= 4 is 5.91 Å². The van der Waals surface area contributed by atoms with Gasteiger partial charge in [-0.15, -0.1) is 0 Å². The van der Waals surface area contributed by atoms with Gasteiger partial charge in [-0.05, 0) is 62.3 Å². The Morgan fingerprint density at radius 3 is 2.67 bits per heavy atom. The quantitative estimate of drug-likeness (QED) is 0.834. The molecule has 132 valence electrons. The van der Waals surface area contributed by atoms with Crippen molar-refractivity contribution in [3.63, 3.8) is 0 Å². The van der Waals surface area contributed by atoms with Gasteiger partial charge < -0.3 is 15.0 Å². The first kappa shape index (κ1) is 17.2. The van der Waals surface area contributed by atoms with Gasteiger partial charge in [-0.1, -0.05) is 6.07 Å². The molecule has 1 aromatic rings. The Morgan fingerprint density at radius 2 is 2.04 bits per heavy atom. The Morgan fingerprint density at radius 1 is 1.29 bits per heavy atom. The molecular weight excluding hydrogens is 307 g/mol. The second kappa shape index (κ2) is 7.97. The molecular formula is C19H27FN2O2. The average molecular weight is 334 g/mol. The maximum Gasteiger partial charge on any atom is 0.222 e. The highest BCUT2D eigenvalue weighted by Crippen LogP contribution is 2.28. The van der Waals surface area contributed by atoms with Crippen molar-refractivity contribution in [1.29, 1.82) is 0 Å². The topological polar surface area (TPSA) is 41.6 Å². The number of rotatable bonds is 7. The Balaban J connectivity index is 1.40. The van der Waals surface area contributed by atoms with Gasteiger partial charge in [0.15, 0.2) is 11.6 Å². The van der Waals surface area contributed by atoms with Crippen molar-refractivity contribution in [3.8, 4) is 5.75 Å². The molecule has 1 amide bonds. The highest BCUT2D eigenvalue weighted by atomic mass is 19.1. The van der Waals surface area contributed by atoms with E-state index in [-0.39, 0.29) is 17.5 Å². The van der Waals surface area contributed by atoms with Crippen molar-refractivity contribution in [2.45, 2.75) is 44.6 Å². The van der Waals surface area contributed by atoms with Crippen LogP contribution in [0.2, 0.25) is 0 Å². The van der Waals surface area contributed by atoms with Gasteiger partial charge in [0.2, 0.25) is 5.91 Å². The fraction of sp³-hybridized carbons (Fsp3) is 0.632. The van der Waals surface area contributed by atoms with Crippen molar-refractivity contribution in [2.75, 3.05) is 26.7 Å². The Hall–Kier alpha value is -1.62. The lowest BCUT2D eigenvalue weighted by Gasteiger charge is -2.32. The second-order valence-electron chi connectivity index (χ2n) is 6.98. The Labute approximate surface area is 143 Å². The second-order valence-corrected chi connectivity index (χ2v) is 6.98. The van der Waals surface area contributed by atoms with Gasteiger partial charge in [-0.3, -0.25) is 4.79 Å². The van der Waals surface area contributed by atoms with Crippen LogP contribution in [0.15, 0.2) is 18.2 Å². The highest BCUT2D eigenvalue weighted by molar-refractivity contribution is 5.76. The summed E-state index contributed by atoms with van der Waals surface area (Å²) in [7, 11) is 1.45. The molecule has 0 radical (unpaired) electrons. The van der Waals surface area contributed by atoms with E-state index < -0.39 is 0 Å². The predicted octanol–water partition coefficient (Wildman–Crippen LogP) is 2.76. The first-order valence-electron chi connectivity index (χ1n) is 8.99. The SMILES string of the molecule is COc1ccc(CCC(=O)N2CCC(NCC3CC3)CC2)cc1F. The molecule has 0 unspecified atom stereocenters. The molecule has 5 heteroatoms. The average Bonchev–Trinajstić information content (AvgIpc) is 3.43. The summed E-state index contributed by atoms with van der Waals surface area (Å²) in [5, 5.41) is 3.63. The van der Waals surface area contributed by atoms with Crippen molar-refractivity contribution in [2.24, 2.45) is 5.92 Å². The summed E-state index contributed by atoms with van der Waals surface area (Å²) in [6.45, 7) is 2.80. The number of piperidine rings is 1. The van der Waals surface area contributed by atoms with Crippen molar-refractivity contribution in [3.05, 3.63) is 29.6 Å². The summed E-state index contributed by atoms with van der Waals surface area (Å²) in [5.74, 6) is 0.942. The lowest BCUT2D eigenvalue weighted by molar-refractivity contribution is -0.132. The van der Waals surface area contributed by atoms with Crippen LogP contribution in [-0.2, 0) is 11.2 Å². The van der Waals surface area contributed by atoms with Crippen LogP contribution in [0, 0.1) is 11.7 Å². The number of ether oxygens (including phenoxy) is 1. The minimum absolute atomic E-state index is 0.173. The zero-order valence-electron chi connectivity index (χ0n) is 14.4. The lowest BCUT2D eigenvalue weighted by Crippen LogP contribution is -2.45. The molecule has 0 atom stereocenters. The summed E-state index contributed by atoms with van der Waals surface area (Å²) in [4.78, 5) is 14.3. The van der Waals surface area contributed by atoms with E-state index >= 15 is 0 Å². The molecule has 1 saturated heterocycles. The third kappa shape index (κ3) is 4.69. The molecule has 1 heterocycles. The number of halogens is 1. The number of hydrogen-bond acceptors (Lipinski definition) is 3. The van der Waals surface area contributed by atoms with Gasteiger partial charge in [0.1, 0.15) is 0 Å². The normalized spacial score (nSPS) is 18.7. The minimum atomic E-state index is -0.370. The predicted molar refractivity (Wildman–Crippen MR) is 91.6 cm³/mol. The number of nitrogens with one attached hydrogen (secondary N) is 1. The van der Waals surface area contributed by atoms with Gasteiger partial charge >= 0.3 is 0 Å². The fourth-order valence-corrected chi connectivity index (χ4v) is 3.26. The molecule has 3 rings (SSSR count). The molecule has 2 aliphatic rings. The third-order valence-electron chi connectivity index (χ3n) is 5.08. The summed E-state index contributed by atoms with van der Waals surface area (Å²) >= 11 is 0. The fourth-order valence-electron chi connectivity index (χ4n) is 3.26. The number of carbonyl (C=O) groups is 1. The Bertz CT molecular complexity index is 566. The maximum atomic E-state index is 13.7. The minimum Gasteiger partial charge on any atom is -0.494 e. The van der Waals surface area contributed by atoms with Crippen LogP contribution in [0.3, 0.4) is 0 Å². The zero-order valence-corrected chi connectivity index (χ0v) is 14.4. The first-order chi connectivity index (χ1) is 11.7. The standard InChI is InChI=1S/C19H27FN2O2/c1-24-18-6-4-14(12-17(18)20)5-7-19(23)22-10-8-16(9-11-22)21-13-15-2-3-15/h4,6,12,15-16,21H,2-3,5,7-11,13H2,1H3. The number of carbonyl (C=O) groups excluding carboxylic acids is 1. The molecule has 1 aromatic carbocycles. The van der Waals surface area contributed by atoms with E-state index in [1.54, 1.807) is 6.07 Å². The van der Waals surface area contributed by atoms with Crippen molar-refractivity contribution < 1.29 is 13.9 Å². The van der Waals surface area contributed by atoms with E-state index in [9.17, 15) is 9.18 Å². The van der Waals surface area contributed by atoms with Gasteiger partial charge in [0, 0.05) is 25.6 Å². The van der Waals surface area contributed by atoms with E-state index in [0.29, 0.717) is 18.9 Å². The van der Waals surface area contributed by atoms with Crippen LogP contribution < -0.4 is 10.1 Å². The summed E-state index contributed by atoms with van der Waals surface area (Å²) in [6, 6.07) is 5.46. The summed E-state index contributed by atoms with van der Waals surface area (Å²) in [6.07, 6.45) is 5.82. The van der Waals surface area contributed by atoms with Gasteiger partial charge in [0.05, 0.1) is 7.11 Å². The number of hydrogen-bond donors (Lipinski definition) is 1. The number of benzene rings is 1. The molecule has 0 bridgehead atoms. The molecule has 1 saturated carbocycles. The lowest BCUT2D eigenvalue weighted by atomic mass is 10.0. The zero-order chi connectivity index (χ0) is 16.9. The molecule has 1 N–H and O–H groups in total. The number of likely N-dealkylation sites (tertiary alicyclic amines) is 1. The molecule has 1 aliphatic carbocycles. The number of aryl methyl sites for hydroxylation is 1. The number of amides is 1. The van der Waals surface area contributed by atoms with Gasteiger partial charge in [-0.2, -0.15) is 0 Å². The molecule has 0 spiro atoms. The molecule has 2 fully saturated rings. The van der Waals surface area contributed by atoms with Crippen LogP contribution in [0.25, 0.3) is 0 Å². The van der Waals surface area contributed by atoms with E-state index in [4.69, 9.17) is 4.74 Å². The van der Waals surface area contributed by atoms with E-state index in [1.807, 2.05) is 11.0 Å². The Kier molecular flexibility index (Phi) is 5.72. The van der Waals surface area contributed by atoms with Gasteiger partial charge in [-0.25, -0.2) is 4.39 Å². The largest absolute Gasteiger partial charge is 0.494 e. The van der Waals surface area contributed by atoms with Crippen LogP contribution >= 0.6 is 0 Å².